The van der Waals surface area contributed by atoms with Crippen LogP contribution >= 0.6 is 12.4 Å². The molecule has 0 aliphatic heterocycles. The second-order valence-corrected chi connectivity index (χ2v) is 2.95. The lowest BCUT2D eigenvalue weighted by molar-refractivity contribution is -0.139. The Hall–Kier alpha value is -0.420. The Bertz CT molecular complexity index is 155. The summed E-state index contributed by atoms with van der Waals surface area (Å²) in [5, 5.41) is 8.29. The van der Waals surface area contributed by atoms with Crippen molar-refractivity contribution in [1.82, 2.24) is 4.90 Å². The van der Waals surface area contributed by atoms with Crippen LogP contribution in [0.3, 0.4) is 0 Å². The molecule has 0 aromatic rings. The molecule has 0 saturated carbocycles. The Morgan fingerprint density at radius 2 is 1.92 bits per heavy atom. The van der Waals surface area contributed by atoms with Crippen molar-refractivity contribution in [2.75, 3.05) is 20.6 Å². The van der Waals surface area contributed by atoms with E-state index in [0.717, 1.165) is 0 Å². The molecule has 0 rings (SSSR count). The quantitative estimate of drug-likeness (QED) is 0.755. The molecule has 0 aromatic carbocycles. The van der Waals surface area contributed by atoms with Crippen LogP contribution in [-0.4, -0.2) is 43.0 Å². The Morgan fingerprint density at radius 1 is 1.46 bits per heavy atom. The highest BCUT2D eigenvalue weighted by atomic mass is 35.5. The van der Waals surface area contributed by atoms with Crippen molar-refractivity contribution in [3.05, 3.63) is 0 Å². The first-order valence-electron chi connectivity index (χ1n) is 3.58. The van der Waals surface area contributed by atoms with Crippen LogP contribution < -0.4 is 0 Å². The van der Waals surface area contributed by atoms with E-state index >= 15 is 0 Å². The number of rotatable bonds is 5. The molecular formula is C7H14ClF2NO2. The molecule has 1 N–H and O–H groups in total. The van der Waals surface area contributed by atoms with Crippen LogP contribution in [0.15, 0.2) is 0 Å². The van der Waals surface area contributed by atoms with E-state index in [1.807, 2.05) is 0 Å². The molecule has 0 aliphatic carbocycles. The van der Waals surface area contributed by atoms with Gasteiger partial charge in [0.25, 0.3) is 0 Å². The molecule has 0 radical (unpaired) electrons. The van der Waals surface area contributed by atoms with E-state index in [1.165, 1.54) is 0 Å². The average molecular weight is 218 g/mol. The third-order valence-electron chi connectivity index (χ3n) is 1.39. The molecule has 6 heteroatoms. The van der Waals surface area contributed by atoms with Crippen molar-refractivity contribution in [1.29, 1.82) is 0 Å². The first-order chi connectivity index (χ1) is 5.43. The fraction of sp³-hybridized carbons (Fsp3) is 0.857. The van der Waals surface area contributed by atoms with E-state index in [2.05, 4.69) is 0 Å². The minimum absolute atomic E-state index is 0. The van der Waals surface area contributed by atoms with E-state index < -0.39 is 24.7 Å². The first-order valence-corrected chi connectivity index (χ1v) is 3.58. The minimum Gasteiger partial charge on any atom is -0.481 e. The zero-order valence-corrected chi connectivity index (χ0v) is 8.35. The van der Waals surface area contributed by atoms with Crippen LogP contribution in [0, 0.1) is 5.92 Å². The van der Waals surface area contributed by atoms with Gasteiger partial charge < -0.3 is 10.0 Å². The van der Waals surface area contributed by atoms with Crippen LogP contribution in [0.25, 0.3) is 0 Å². The van der Waals surface area contributed by atoms with Crippen LogP contribution in [0.1, 0.15) is 6.42 Å². The van der Waals surface area contributed by atoms with Gasteiger partial charge in [0.1, 0.15) is 0 Å². The maximum Gasteiger partial charge on any atom is 0.303 e. The SMILES string of the molecule is CN(C)CC(CC(=O)O)C(F)F.Cl. The van der Waals surface area contributed by atoms with E-state index in [4.69, 9.17) is 5.11 Å². The predicted octanol–water partition coefficient (Wildman–Crippen LogP) is 1.33. The van der Waals surface area contributed by atoms with Crippen molar-refractivity contribution in [3.8, 4) is 0 Å². The second-order valence-electron chi connectivity index (χ2n) is 2.95. The van der Waals surface area contributed by atoms with Crippen molar-refractivity contribution >= 4 is 18.4 Å². The van der Waals surface area contributed by atoms with Gasteiger partial charge in [0.2, 0.25) is 6.43 Å². The predicted molar refractivity (Wildman–Crippen MR) is 47.5 cm³/mol. The third kappa shape index (κ3) is 7.93. The number of carbonyl (C=O) groups is 1. The normalized spacial score (nSPS) is 12.8. The zero-order valence-electron chi connectivity index (χ0n) is 7.54. The molecule has 0 amide bonds. The Morgan fingerprint density at radius 3 is 2.15 bits per heavy atom. The van der Waals surface area contributed by atoms with Gasteiger partial charge in [0.15, 0.2) is 0 Å². The number of nitrogens with zero attached hydrogens (tertiary/aromatic N) is 1. The summed E-state index contributed by atoms with van der Waals surface area (Å²) in [7, 11) is 3.27. The van der Waals surface area contributed by atoms with Crippen LogP contribution in [0.5, 0.6) is 0 Å². The lowest BCUT2D eigenvalue weighted by atomic mass is 10.1. The largest absolute Gasteiger partial charge is 0.481 e. The molecule has 0 bridgehead atoms. The fourth-order valence-corrected chi connectivity index (χ4v) is 0.927. The maximum absolute atomic E-state index is 12.1. The van der Waals surface area contributed by atoms with Crippen molar-refractivity contribution in [2.45, 2.75) is 12.8 Å². The molecule has 1 atom stereocenters. The average Bonchev–Trinajstić information content (AvgIpc) is 1.83. The second kappa shape index (κ2) is 7.03. The van der Waals surface area contributed by atoms with Crippen LogP contribution in [-0.2, 0) is 4.79 Å². The molecule has 1 unspecified atom stereocenters. The van der Waals surface area contributed by atoms with Gasteiger partial charge in [0.05, 0.1) is 6.42 Å². The molecule has 0 spiro atoms. The maximum atomic E-state index is 12.1. The van der Waals surface area contributed by atoms with Crippen molar-refractivity contribution < 1.29 is 18.7 Å². The van der Waals surface area contributed by atoms with Gasteiger partial charge in [-0.1, -0.05) is 0 Å². The van der Waals surface area contributed by atoms with Gasteiger partial charge in [0, 0.05) is 12.5 Å². The zero-order chi connectivity index (χ0) is 9.72. The molecule has 13 heavy (non-hydrogen) atoms. The highest BCUT2D eigenvalue weighted by Crippen LogP contribution is 2.14. The van der Waals surface area contributed by atoms with Gasteiger partial charge in [-0.2, -0.15) is 0 Å². The Balaban J connectivity index is 0. The molecule has 3 nitrogen and oxygen atoms in total. The van der Waals surface area contributed by atoms with Crippen LogP contribution in [0.4, 0.5) is 8.78 Å². The molecule has 0 saturated heterocycles. The molecule has 0 aromatic heterocycles. The number of carboxylic acids is 1. The topological polar surface area (TPSA) is 40.5 Å². The van der Waals surface area contributed by atoms with E-state index in [9.17, 15) is 13.6 Å². The summed E-state index contributed by atoms with van der Waals surface area (Å²) in [6.07, 6.45) is -3.04. The lowest BCUT2D eigenvalue weighted by Gasteiger charge is -2.18. The standard InChI is InChI=1S/C7H13F2NO2.ClH/c1-10(2)4-5(7(8)9)3-6(11)12;/h5,7H,3-4H2,1-2H3,(H,11,12);1H. The highest BCUT2D eigenvalue weighted by Gasteiger charge is 2.23. The third-order valence-corrected chi connectivity index (χ3v) is 1.39. The number of halogens is 3. The summed E-state index contributed by atoms with van der Waals surface area (Å²) in [6.45, 7) is 0.101. The highest BCUT2D eigenvalue weighted by molar-refractivity contribution is 5.85. The van der Waals surface area contributed by atoms with E-state index in [1.54, 1.807) is 19.0 Å². The van der Waals surface area contributed by atoms with Crippen LogP contribution in [0.2, 0.25) is 0 Å². The summed E-state index contributed by atoms with van der Waals surface area (Å²) < 4.78 is 24.3. The molecule has 80 valence electrons. The minimum atomic E-state index is -2.57. The summed E-state index contributed by atoms with van der Waals surface area (Å²) in [6, 6.07) is 0. The number of carboxylic acid groups (broad SMARTS) is 1. The first kappa shape index (κ1) is 15.1. The Kier molecular flexibility index (Phi) is 8.15. The molecule has 0 aliphatic rings. The summed E-state index contributed by atoms with van der Waals surface area (Å²) in [5.74, 6) is -2.25. The summed E-state index contributed by atoms with van der Waals surface area (Å²) >= 11 is 0. The smallest absolute Gasteiger partial charge is 0.303 e. The number of aliphatic carboxylic acids is 1. The monoisotopic (exact) mass is 217 g/mol. The Labute approximate surface area is 82.1 Å². The summed E-state index contributed by atoms with van der Waals surface area (Å²) in [4.78, 5) is 11.7. The fourth-order valence-electron chi connectivity index (χ4n) is 0.927. The number of hydrogen-bond acceptors (Lipinski definition) is 2. The van der Waals surface area contributed by atoms with Gasteiger partial charge in [-0.25, -0.2) is 8.78 Å². The number of hydrogen-bond donors (Lipinski definition) is 1. The van der Waals surface area contributed by atoms with Gasteiger partial charge in [-0.05, 0) is 14.1 Å². The van der Waals surface area contributed by atoms with Gasteiger partial charge in [-0.15, -0.1) is 12.4 Å². The van der Waals surface area contributed by atoms with E-state index in [0.29, 0.717) is 0 Å². The molecular weight excluding hydrogens is 204 g/mol. The van der Waals surface area contributed by atoms with Gasteiger partial charge >= 0.3 is 5.97 Å². The molecule has 0 heterocycles. The van der Waals surface area contributed by atoms with Gasteiger partial charge in [-0.3, -0.25) is 4.79 Å². The lowest BCUT2D eigenvalue weighted by Crippen LogP contribution is -2.28. The molecule has 0 fully saturated rings. The van der Waals surface area contributed by atoms with E-state index in [-0.39, 0.29) is 19.0 Å². The van der Waals surface area contributed by atoms with Crippen molar-refractivity contribution in [2.24, 2.45) is 5.92 Å². The summed E-state index contributed by atoms with van der Waals surface area (Å²) in [5.41, 5.74) is 0. The van der Waals surface area contributed by atoms with Crippen molar-refractivity contribution in [3.63, 3.8) is 0 Å². The number of alkyl halides is 2.